The van der Waals surface area contributed by atoms with Gasteiger partial charge in [-0.3, -0.25) is 4.90 Å². The molecule has 1 aliphatic carbocycles. The van der Waals surface area contributed by atoms with E-state index in [0.29, 0.717) is 5.41 Å². The summed E-state index contributed by atoms with van der Waals surface area (Å²) < 4.78 is 0. The highest BCUT2D eigenvalue weighted by Gasteiger charge is 2.33. The van der Waals surface area contributed by atoms with E-state index >= 15 is 0 Å². The lowest BCUT2D eigenvalue weighted by molar-refractivity contribution is 0.0650. The Balaban J connectivity index is 1.94. The summed E-state index contributed by atoms with van der Waals surface area (Å²) in [6, 6.07) is 1.50. The summed E-state index contributed by atoms with van der Waals surface area (Å²) in [7, 11) is 0. The van der Waals surface area contributed by atoms with Crippen molar-refractivity contribution >= 4 is 0 Å². The van der Waals surface area contributed by atoms with Crippen LogP contribution >= 0.6 is 0 Å². The van der Waals surface area contributed by atoms with Crippen LogP contribution in [0.2, 0.25) is 0 Å². The summed E-state index contributed by atoms with van der Waals surface area (Å²) in [5, 5.41) is 3.86. The molecule has 2 heteroatoms. The third-order valence-electron chi connectivity index (χ3n) is 4.93. The number of hydrogen-bond acceptors (Lipinski definition) is 2. The molecule has 1 heterocycles. The van der Waals surface area contributed by atoms with E-state index in [2.05, 4.69) is 37.9 Å². The standard InChI is InChI=1S/C17H34N2/c1-5-15-11-18-16(14-9-7-6-8-10-14)12-19(15)13-17(2,3)4/h14-16,18H,5-13H2,1-4H3. The molecular weight excluding hydrogens is 232 g/mol. The molecule has 0 radical (unpaired) electrons. The van der Waals surface area contributed by atoms with Gasteiger partial charge in [-0.15, -0.1) is 0 Å². The van der Waals surface area contributed by atoms with Crippen molar-refractivity contribution in [2.45, 2.75) is 78.3 Å². The fraction of sp³-hybridized carbons (Fsp3) is 1.00. The van der Waals surface area contributed by atoms with Gasteiger partial charge in [0.25, 0.3) is 0 Å². The zero-order valence-corrected chi connectivity index (χ0v) is 13.5. The van der Waals surface area contributed by atoms with Crippen molar-refractivity contribution in [3.63, 3.8) is 0 Å². The van der Waals surface area contributed by atoms with Gasteiger partial charge in [-0.25, -0.2) is 0 Å². The largest absolute Gasteiger partial charge is 0.311 e. The molecule has 2 unspecified atom stereocenters. The predicted molar refractivity (Wildman–Crippen MR) is 83.5 cm³/mol. The number of nitrogens with one attached hydrogen (secondary N) is 1. The topological polar surface area (TPSA) is 15.3 Å². The Bertz CT molecular complexity index is 263. The van der Waals surface area contributed by atoms with Crippen LogP contribution in [-0.2, 0) is 0 Å². The van der Waals surface area contributed by atoms with E-state index in [0.717, 1.165) is 18.0 Å². The van der Waals surface area contributed by atoms with Gasteiger partial charge in [0.15, 0.2) is 0 Å². The molecule has 2 atom stereocenters. The van der Waals surface area contributed by atoms with Crippen molar-refractivity contribution in [2.24, 2.45) is 11.3 Å². The van der Waals surface area contributed by atoms with E-state index in [1.165, 1.54) is 58.2 Å². The first kappa shape index (κ1) is 15.3. The predicted octanol–water partition coefficient (Wildman–Crippen LogP) is 3.67. The van der Waals surface area contributed by atoms with Gasteiger partial charge >= 0.3 is 0 Å². The second kappa shape index (κ2) is 6.58. The number of rotatable bonds is 3. The molecule has 2 rings (SSSR count). The van der Waals surface area contributed by atoms with Gasteiger partial charge in [0.2, 0.25) is 0 Å². The minimum atomic E-state index is 0.419. The van der Waals surface area contributed by atoms with Gasteiger partial charge in [-0.1, -0.05) is 47.0 Å². The monoisotopic (exact) mass is 266 g/mol. The normalized spacial score (nSPS) is 31.6. The van der Waals surface area contributed by atoms with Crippen LogP contribution in [0.4, 0.5) is 0 Å². The van der Waals surface area contributed by atoms with Crippen LogP contribution in [0.3, 0.4) is 0 Å². The van der Waals surface area contributed by atoms with Crippen LogP contribution < -0.4 is 5.32 Å². The fourth-order valence-electron chi connectivity index (χ4n) is 3.94. The van der Waals surface area contributed by atoms with E-state index in [1.807, 2.05) is 0 Å². The maximum Gasteiger partial charge on any atom is 0.0224 e. The second-order valence-electron chi connectivity index (χ2n) is 7.97. The molecule has 0 amide bonds. The quantitative estimate of drug-likeness (QED) is 0.838. The molecule has 1 N–H and O–H groups in total. The molecule has 2 fully saturated rings. The van der Waals surface area contributed by atoms with Gasteiger partial charge in [-0.2, -0.15) is 0 Å². The molecule has 2 aliphatic rings. The highest BCUT2D eigenvalue weighted by Crippen LogP contribution is 2.29. The first-order valence-corrected chi connectivity index (χ1v) is 8.47. The average molecular weight is 266 g/mol. The van der Waals surface area contributed by atoms with Crippen molar-refractivity contribution in [3.8, 4) is 0 Å². The molecule has 1 saturated heterocycles. The van der Waals surface area contributed by atoms with E-state index < -0.39 is 0 Å². The summed E-state index contributed by atoms with van der Waals surface area (Å²) in [5.41, 5.74) is 0.419. The molecular formula is C17H34N2. The lowest BCUT2D eigenvalue weighted by Gasteiger charge is -2.45. The summed E-state index contributed by atoms with van der Waals surface area (Å²) in [4.78, 5) is 2.77. The first-order valence-electron chi connectivity index (χ1n) is 8.47. The summed E-state index contributed by atoms with van der Waals surface area (Å²) in [5.74, 6) is 0.939. The van der Waals surface area contributed by atoms with Crippen LogP contribution in [-0.4, -0.2) is 36.6 Å². The lowest BCUT2D eigenvalue weighted by Crippen LogP contribution is -2.60. The number of piperazine rings is 1. The minimum absolute atomic E-state index is 0.419. The molecule has 1 aliphatic heterocycles. The zero-order valence-electron chi connectivity index (χ0n) is 13.5. The third kappa shape index (κ3) is 4.46. The number of hydrogen-bond donors (Lipinski definition) is 1. The van der Waals surface area contributed by atoms with E-state index in [9.17, 15) is 0 Å². The van der Waals surface area contributed by atoms with Gasteiger partial charge in [0, 0.05) is 31.7 Å². The third-order valence-corrected chi connectivity index (χ3v) is 4.93. The molecule has 0 bridgehead atoms. The van der Waals surface area contributed by atoms with Crippen LogP contribution in [0.15, 0.2) is 0 Å². The van der Waals surface area contributed by atoms with Gasteiger partial charge in [0.05, 0.1) is 0 Å². The smallest absolute Gasteiger partial charge is 0.0224 e. The van der Waals surface area contributed by atoms with Crippen molar-refractivity contribution < 1.29 is 0 Å². The fourth-order valence-corrected chi connectivity index (χ4v) is 3.94. The minimum Gasteiger partial charge on any atom is -0.311 e. The molecule has 19 heavy (non-hydrogen) atoms. The SMILES string of the molecule is CCC1CNC(C2CCCCC2)CN1CC(C)(C)C. The molecule has 1 saturated carbocycles. The first-order chi connectivity index (χ1) is 8.99. The molecule has 0 aromatic carbocycles. The molecule has 0 aromatic heterocycles. The van der Waals surface area contributed by atoms with Crippen molar-refractivity contribution in [1.29, 1.82) is 0 Å². The maximum atomic E-state index is 3.86. The number of nitrogens with zero attached hydrogens (tertiary/aromatic N) is 1. The van der Waals surface area contributed by atoms with Crippen LogP contribution in [0.5, 0.6) is 0 Å². The molecule has 2 nitrogen and oxygen atoms in total. The van der Waals surface area contributed by atoms with Gasteiger partial charge < -0.3 is 5.32 Å². The lowest BCUT2D eigenvalue weighted by atomic mass is 9.82. The van der Waals surface area contributed by atoms with E-state index in [4.69, 9.17) is 0 Å². The van der Waals surface area contributed by atoms with Gasteiger partial charge in [-0.05, 0) is 30.6 Å². The van der Waals surface area contributed by atoms with Crippen molar-refractivity contribution in [1.82, 2.24) is 10.2 Å². The Morgan fingerprint density at radius 1 is 1.11 bits per heavy atom. The summed E-state index contributed by atoms with van der Waals surface area (Å²) in [6.07, 6.45) is 8.57. The van der Waals surface area contributed by atoms with E-state index in [1.54, 1.807) is 0 Å². The Morgan fingerprint density at radius 3 is 2.37 bits per heavy atom. The summed E-state index contributed by atoms with van der Waals surface area (Å²) in [6.45, 7) is 13.2. The molecule has 0 spiro atoms. The molecule has 112 valence electrons. The molecule has 0 aromatic rings. The zero-order chi connectivity index (χ0) is 13.9. The Morgan fingerprint density at radius 2 is 1.79 bits per heavy atom. The van der Waals surface area contributed by atoms with E-state index in [-0.39, 0.29) is 0 Å². The van der Waals surface area contributed by atoms with Crippen molar-refractivity contribution in [2.75, 3.05) is 19.6 Å². The van der Waals surface area contributed by atoms with Crippen LogP contribution in [0.25, 0.3) is 0 Å². The maximum absolute atomic E-state index is 3.86. The van der Waals surface area contributed by atoms with Crippen LogP contribution in [0, 0.1) is 11.3 Å². The van der Waals surface area contributed by atoms with Crippen LogP contribution in [0.1, 0.15) is 66.2 Å². The van der Waals surface area contributed by atoms with Crippen molar-refractivity contribution in [3.05, 3.63) is 0 Å². The second-order valence-corrected chi connectivity index (χ2v) is 7.97. The Hall–Kier alpha value is -0.0800. The highest BCUT2D eigenvalue weighted by molar-refractivity contribution is 4.91. The Labute approximate surface area is 120 Å². The average Bonchev–Trinajstić information content (AvgIpc) is 2.38. The van der Waals surface area contributed by atoms with Gasteiger partial charge in [0.1, 0.15) is 0 Å². The Kier molecular flexibility index (Phi) is 5.30. The highest BCUT2D eigenvalue weighted by atomic mass is 15.2. The summed E-state index contributed by atoms with van der Waals surface area (Å²) >= 11 is 0.